The molecule has 0 unspecified atom stereocenters. The first-order chi connectivity index (χ1) is 11.6. The first-order valence-corrected chi connectivity index (χ1v) is 7.73. The van der Waals surface area contributed by atoms with Crippen LogP contribution >= 0.6 is 0 Å². The number of rotatable bonds is 7. The third-order valence-electron chi connectivity index (χ3n) is 3.88. The highest BCUT2D eigenvalue weighted by Gasteiger charge is 2.16. The highest BCUT2D eigenvalue weighted by Crippen LogP contribution is 2.31. The van der Waals surface area contributed by atoms with Gasteiger partial charge in [-0.25, -0.2) is 0 Å². The number of ether oxygens (including phenoxy) is 3. The van der Waals surface area contributed by atoms with Gasteiger partial charge in [-0.3, -0.25) is 4.79 Å². The van der Waals surface area contributed by atoms with Crippen LogP contribution in [0.15, 0.2) is 36.4 Å². The number of carbonyl (C=O) groups excluding carboxylic acids is 1. The first kappa shape index (κ1) is 17.7. The summed E-state index contributed by atoms with van der Waals surface area (Å²) in [6.45, 7) is 2.41. The number of nitrogens with one attached hydrogen (secondary N) is 1. The Balaban J connectivity index is 2.00. The molecule has 0 aliphatic rings. The lowest BCUT2D eigenvalue weighted by atomic mass is 10.1. The maximum atomic E-state index is 12.4. The maximum absolute atomic E-state index is 12.4. The van der Waals surface area contributed by atoms with Crippen molar-refractivity contribution in [1.29, 1.82) is 0 Å². The number of benzene rings is 2. The Kier molecular flexibility index (Phi) is 6.07. The zero-order chi connectivity index (χ0) is 17.5. The van der Waals surface area contributed by atoms with E-state index in [-0.39, 0.29) is 5.91 Å². The SMILES string of the molecule is COc1ccc(CCNC(=O)c2ccc(OC)c(C)c2OC)cc1. The van der Waals surface area contributed by atoms with Gasteiger partial charge >= 0.3 is 0 Å². The van der Waals surface area contributed by atoms with Crippen LogP contribution < -0.4 is 19.5 Å². The number of methoxy groups -OCH3 is 3. The maximum Gasteiger partial charge on any atom is 0.255 e. The summed E-state index contributed by atoms with van der Waals surface area (Å²) in [5.41, 5.74) is 2.45. The van der Waals surface area contributed by atoms with Crippen molar-refractivity contribution >= 4 is 5.91 Å². The van der Waals surface area contributed by atoms with Gasteiger partial charge in [0.15, 0.2) is 0 Å². The van der Waals surface area contributed by atoms with Gasteiger partial charge in [0, 0.05) is 12.1 Å². The number of carbonyl (C=O) groups is 1. The Hall–Kier alpha value is -2.69. The van der Waals surface area contributed by atoms with Crippen molar-refractivity contribution < 1.29 is 19.0 Å². The monoisotopic (exact) mass is 329 g/mol. The summed E-state index contributed by atoms with van der Waals surface area (Å²) in [6.07, 6.45) is 0.743. The molecule has 2 rings (SSSR count). The van der Waals surface area contributed by atoms with Crippen molar-refractivity contribution in [2.45, 2.75) is 13.3 Å². The fraction of sp³-hybridized carbons (Fsp3) is 0.316. The van der Waals surface area contributed by atoms with Crippen LogP contribution in [-0.2, 0) is 6.42 Å². The molecule has 0 fully saturated rings. The standard InChI is InChI=1S/C19H23NO4/c1-13-17(23-3)10-9-16(18(13)24-4)19(21)20-12-11-14-5-7-15(22-2)8-6-14/h5-10H,11-12H2,1-4H3,(H,20,21). The summed E-state index contributed by atoms with van der Waals surface area (Å²) in [4.78, 5) is 12.4. The molecule has 0 bridgehead atoms. The van der Waals surface area contributed by atoms with Gasteiger partial charge in [0.1, 0.15) is 17.2 Å². The summed E-state index contributed by atoms with van der Waals surface area (Å²) in [6, 6.07) is 11.3. The van der Waals surface area contributed by atoms with Crippen molar-refractivity contribution in [2.24, 2.45) is 0 Å². The lowest BCUT2D eigenvalue weighted by molar-refractivity contribution is 0.0951. The highest BCUT2D eigenvalue weighted by molar-refractivity contribution is 5.97. The molecule has 24 heavy (non-hydrogen) atoms. The molecule has 0 radical (unpaired) electrons. The van der Waals surface area contributed by atoms with E-state index in [1.165, 1.54) is 0 Å². The van der Waals surface area contributed by atoms with Crippen LogP contribution in [0.4, 0.5) is 0 Å². The van der Waals surface area contributed by atoms with Gasteiger partial charge in [-0.2, -0.15) is 0 Å². The molecule has 0 heterocycles. The molecule has 0 aliphatic carbocycles. The summed E-state index contributed by atoms with van der Waals surface area (Å²) < 4.78 is 15.8. The van der Waals surface area contributed by atoms with Gasteiger partial charge in [0.05, 0.1) is 26.9 Å². The van der Waals surface area contributed by atoms with Crippen LogP contribution in [0.1, 0.15) is 21.5 Å². The van der Waals surface area contributed by atoms with Crippen LogP contribution in [0, 0.1) is 6.92 Å². The predicted molar refractivity (Wildman–Crippen MR) is 93.3 cm³/mol. The molecule has 0 atom stereocenters. The second-order valence-electron chi connectivity index (χ2n) is 5.33. The lowest BCUT2D eigenvalue weighted by Gasteiger charge is -2.14. The van der Waals surface area contributed by atoms with Crippen LogP contribution in [0.25, 0.3) is 0 Å². The minimum Gasteiger partial charge on any atom is -0.497 e. The molecule has 0 aliphatic heterocycles. The van der Waals surface area contributed by atoms with E-state index in [1.807, 2.05) is 31.2 Å². The van der Waals surface area contributed by atoms with E-state index in [0.717, 1.165) is 23.3 Å². The fourth-order valence-corrected chi connectivity index (χ4v) is 2.54. The third-order valence-corrected chi connectivity index (χ3v) is 3.88. The molecule has 1 amide bonds. The van der Waals surface area contributed by atoms with Gasteiger partial charge in [0.25, 0.3) is 5.91 Å². The Morgan fingerprint density at radius 2 is 1.67 bits per heavy atom. The number of hydrogen-bond acceptors (Lipinski definition) is 4. The van der Waals surface area contributed by atoms with Crippen molar-refractivity contribution in [1.82, 2.24) is 5.32 Å². The van der Waals surface area contributed by atoms with Crippen LogP contribution in [0.5, 0.6) is 17.2 Å². The molecule has 0 saturated heterocycles. The second kappa shape index (κ2) is 8.24. The Morgan fingerprint density at radius 1 is 0.958 bits per heavy atom. The smallest absolute Gasteiger partial charge is 0.255 e. The van der Waals surface area contributed by atoms with Crippen LogP contribution in [-0.4, -0.2) is 33.8 Å². The largest absolute Gasteiger partial charge is 0.497 e. The van der Waals surface area contributed by atoms with Gasteiger partial charge in [-0.1, -0.05) is 12.1 Å². The van der Waals surface area contributed by atoms with E-state index in [0.29, 0.717) is 23.6 Å². The van der Waals surface area contributed by atoms with Gasteiger partial charge in [0.2, 0.25) is 0 Å². The average Bonchev–Trinajstić information content (AvgIpc) is 2.61. The molecule has 2 aromatic rings. The summed E-state index contributed by atoms with van der Waals surface area (Å²) in [5, 5.41) is 2.92. The predicted octanol–water partition coefficient (Wildman–Crippen LogP) is 2.99. The second-order valence-corrected chi connectivity index (χ2v) is 5.33. The third kappa shape index (κ3) is 3.98. The van der Waals surface area contributed by atoms with E-state index >= 15 is 0 Å². The molecule has 0 spiro atoms. The molecular weight excluding hydrogens is 306 g/mol. The van der Waals surface area contributed by atoms with Crippen molar-refractivity contribution in [3.8, 4) is 17.2 Å². The molecule has 5 nitrogen and oxygen atoms in total. The van der Waals surface area contributed by atoms with E-state index in [2.05, 4.69) is 5.32 Å². The normalized spacial score (nSPS) is 10.2. The van der Waals surface area contributed by atoms with Crippen molar-refractivity contribution in [3.63, 3.8) is 0 Å². The molecule has 5 heteroatoms. The van der Waals surface area contributed by atoms with Crippen molar-refractivity contribution in [2.75, 3.05) is 27.9 Å². The quantitative estimate of drug-likeness (QED) is 0.848. The Morgan fingerprint density at radius 3 is 2.25 bits per heavy atom. The zero-order valence-electron chi connectivity index (χ0n) is 14.5. The van der Waals surface area contributed by atoms with Crippen LogP contribution in [0.3, 0.4) is 0 Å². The average molecular weight is 329 g/mol. The molecule has 0 aromatic heterocycles. The zero-order valence-corrected chi connectivity index (χ0v) is 14.5. The fourth-order valence-electron chi connectivity index (χ4n) is 2.54. The molecule has 1 N–H and O–H groups in total. The summed E-state index contributed by atoms with van der Waals surface area (Å²) in [5.74, 6) is 1.89. The van der Waals surface area contributed by atoms with E-state index in [1.54, 1.807) is 33.5 Å². The minimum absolute atomic E-state index is 0.161. The van der Waals surface area contributed by atoms with Gasteiger partial charge < -0.3 is 19.5 Å². The molecule has 128 valence electrons. The Bertz CT molecular complexity index is 695. The number of hydrogen-bond donors (Lipinski definition) is 1. The van der Waals surface area contributed by atoms with Crippen LogP contribution in [0.2, 0.25) is 0 Å². The van der Waals surface area contributed by atoms with E-state index in [9.17, 15) is 4.79 Å². The minimum atomic E-state index is -0.161. The molecular formula is C19H23NO4. The van der Waals surface area contributed by atoms with Gasteiger partial charge in [-0.15, -0.1) is 0 Å². The number of amides is 1. The highest BCUT2D eigenvalue weighted by atomic mass is 16.5. The summed E-state index contributed by atoms with van der Waals surface area (Å²) in [7, 11) is 4.78. The van der Waals surface area contributed by atoms with E-state index < -0.39 is 0 Å². The first-order valence-electron chi connectivity index (χ1n) is 7.73. The molecule has 0 saturated carbocycles. The Labute approximate surface area is 142 Å². The van der Waals surface area contributed by atoms with Gasteiger partial charge in [-0.05, 0) is 43.2 Å². The van der Waals surface area contributed by atoms with Crippen molar-refractivity contribution in [3.05, 3.63) is 53.1 Å². The summed E-state index contributed by atoms with van der Waals surface area (Å²) >= 11 is 0. The molecule has 2 aromatic carbocycles. The van der Waals surface area contributed by atoms with E-state index in [4.69, 9.17) is 14.2 Å². The lowest BCUT2D eigenvalue weighted by Crippen LogP contribution is -2.26. The topological polar surface area (TPSA) is 56.8 Å².